The first-order valence-electron chi connectivity index (χ1n) is 7.30. The summed E-state index contributed by atoms with van der Waals surface area (Å²) in [7, 11) is 0. The number of carbonyl (C=O) groups is 2. The van der Waals surface area contributed by atoms with Gasteiger partial charge in [0.25, 0.3) is 11.8 Å². The molecule has 120 valence electrons. The Morgan fingerprint density at radius 3 is 2.26 bits per heavy atom. The first kappa shape index (κ1) is 15.2. The highest BCUT2D eigenvalue weighted by atomic mass is 19.1. The number of rotatable bonds is 2. The summed E-state index contributed by atoms with van der Waals surface area (Å²) >= 11 is 0. The fourth-order valence-electron chi connectivity index (χ4n) is 2.57. The molecule has 0 aliphatic carbocycles. The molecular formula is C16H16FN3O3. The van der Waals surface area contributed by atoms with Crippen molar-refractivity contribution in [3.05, 3.63) is 53.5 Å². The molecule has 2 aromatic rings. The molecule has 0 aromatic carbocycles. The van der Waals surface area contributed by atoms with Crippen molar-refractivity contribution >= 4 is 11.8 Å². The molecule has 3 heterocycles. The van der Waals surface area contributed by atoms with E-state index in [-0.39, 0.29) is 11.8 Å². The fraction of sp³-hybridized carbons (Fsp3) is 0.312. The Kier molecular flexibility index (Phi) is 4.10. The van der Waals surface area contributed by atoms with Gasteiger partial charge in [-0.25, -0.2) is 4.98 Å². The SMILES string of the molecule is Cc1occc1C(=O)N1CCN(C(=O)c2ccc(F)nc2)CC1. The molecule has 3 rings (SSSR count). The molecule has 6 nitrogen and oxygen atoms in total. The maximum absolute atomic E-state index is 12.8. The van der Waals surface area contributed by atoms with E-state index in [1.54, 1.807) is 22.8 Å². The first-order chi connectivity index (χ1) is 11.1. The van der Waals surface area contributed by atoms with Crippen LogP contribution in [0.2, 0.25) is 0 Å². The van der Waals surface area contributed by atoms with Crippen LogP contribution < -0.4 is 0 Å². The van der Waals surface area contributed by atoms with Gasteiger partial charge in [0.2, 0.25) is 5.95 Å². The van der Waals surface area contributed by atoms with E-state index in [0.717, 1.165) is 6.07 Å². The van der Waals surface area contributed by atoms with Gasteiger partial charge in [-0.1, -0.05) is 0 Å². The third kappa shape index (κ3) is 3.08. The van der Waals surface area contributed by atoms with Gasteiger partial charge in [-0.05, 0) is 25.1 Å². The topological polar surface area (TPSA) is 66.7 Å². The number of hydrogen-bond acceptors (Lipinski definition) is 4. The molecule has 0 bridgehead atoms. The number of aromatic nitrogens is 1. The summed E-state index contributed by atoms with van der Waals surface area (Å²) in [5, 5.41) is 0. The monoisotopic (exact) mass is 317 g/mol. The quantitative estimate of drug-likeness (QED) is 0.791. The molecule has 0 N–H and O–H groups in total. The van der Waals surface area contributed by atoms with Gasteiger partial charge in [-0.15, -0.1) is 0 Å². The zero-order valence-corrected chi connectivity index (χ0v) is 12.7. The van der Waals surface area contributed by atoms with Crippen LogP contribution in [0.1, 0.15) is 26.5 Å². The summed E-state index contributed by atoms with van der Waals surface area (Å²) in [6, 6.07) is 4.23. The summed E-state index contributed by atoms with van der Waals surface area (Å²) in [6.07, 6.45) is 2.72. The Morgan fingerprint density at radius 2 is 1.74 bits per heavy atom. The van der Waals surface area contributed by atoms with Crippen molar-refractivity contribution in [1.29, 1.82) is 0 Å². The van der Waals surface area contributed by atoms with Crippen LogP contribution in [0.25, 0.3) is 0 Å². The maximum atomic E-state index is 12.8. The van der Waals surface area contributed by atoms with Crippen molar-refractivity contribution in [1.82, 2.24) is 14.8 Å². The molecule has 0 atom stereocenters. The van der Waals surface area contributed by atoms with Crippen LogP contribution in [0.3, 0.4) is 0 Å². The predicted octanol–water partition coefficient (Wildman–Crippen LogP) is 1.72. The third-order valence-electron chi connectivity index (χ3n) is 3.92. The Balaban J connectivity index is 1.62. The Morgan fingerprint density at radius 1 is 1.09 bits per heavy atom. The van der Waals surface area contributed by atoms with E-state index in [9.17, 15) is 14.0 Å². The van der Waals surface area contributed by atoms with E-state index in [2.05, 4.69) is 4.98 Å². The van der Waals surface area contributed by atoms with Gasteiger partial charge < -0.3 is 14.2 Å². The van der Waals surface area contributed by atoms with Gasteiger partial charge in [0.1, 0.15) is 5.76 Å². The van der Waals surface area contributed by atoms with Crippen LogP contribution >= 0.6 is 0 Å². The van der Waals surface area contributed by atoms with Crippen LogP contribution in [0, 0.1) is 12.9 Å². The average molecular weight is 317 g/mol. The molecule has 1 saturated heterocycles. The number of furan rings is 1. The van der Waals surface area contributed by atoms with E-state index in [1.165, 1.54) is 18.5 Å². The molecule has 23 heavy (non-hydrogen) atoms. The standard InChI is InChI=1S/C16H16FN3O3/c1-11-13(4-9-23-11)16(22)20-7-5-19(6-8-20)15(21)12-2-3-14(17)18-10-12/h2-4,9-10H,5-8H2,1H3. The van der Waals surface area contributed by atoms with E-state index in [4.69, 9.17) is 4.42 Å². The zero-order valence-electron chi connectivity index (χ0n) is 12.7. The minimum Gasteiger partial charge on any atom is -0.469 e. The van der Waals surface area contributed by atoms with E-state index in [0.29, 0.717) is 43.1 Å². The number of aryl methyl sites for hydroxylation is 1. The molecule has 0 radical (unpaired) electrons. The molecule has 0 spiro atoms. The summed E-state index contributed by atoms with van der Waals surface area (Å²) < 4.78 is 18.0. The summed E-state index contributed by atoms with van der Waals surface area (Å²) in [5.74, 6) is -0.325. The number of amides is 2. The number of nitrogens with zero attached hydrogens (tertiary/aromatic N) is 3. The van der Waals surface area contributed by atoms with Crippen LogP contribution in [0.5, 0.6) is 0 Å². The van der Waals surface area contributed by atoms with Crippen molar-refractivity contribution in [2.45, 2.75) is 6.92 Å². The van der Waals surface area contributed by atoms with Gasteiger partial charge >= 0.3 is 0 Å². The lowest BCUT2D eigenvalue weighted by molar-refractivity contribution is 0.0534. The second-order valence-corrected chi connectivity index (χ2v) is 5.34. The molecule has 0 saturated carbocycles. The first-order valence-corrected chi connectivity index (χ1v) is 7.30. The number of halogens is 1. The highest BCUT2D eigenvalue weighted by molar-refractivity contribution is 5.96. The smallest absolute Gasteiger partial charge is 0.257 e. The van der Waals surface area contributed by atoms with Crippen molar-refractivity contribution in [2.24, 2.45) is 0 Å². The second kappa shape index (κ2) is 6.20. The Labute approximate surface area is 132 Å². The molecule has 2 amide bonds. The van der Waals surface area contributed by atoms with Gasteiger partial charge in [0, 0.05) is 32.4 Å². The lowest BCUT2D eigenvalue weighted by Crippen LogP contribution is -2.50. The molecular weight excluding hydrogens is 301 g/mol. The minimum atomic E-state index is -0.618. The van der Waals surface area contributed by atoms with Crippen molar-refractivity contribution in [3.63, 3.8) is 0 Å². The lowest BCUT2D eigenvalue weighted by Gasteiger charge is -2.34. The molecule has 7 heteroatoms. The number of piperazine rings is 1. The van der Waals surface area contributed by atoms with Crippen molar-refractivity contribution in [3.8, 4) is 0 Å². The van der Waals surface area contributed by atoms with Crippen LogP contribution in [-0.2, 0) is 0 Å². The lowest BCUT2D eigenvalue weighted by atomic mass is 10.2. The Hall–Kier alpha value is -2.70. The van der Waals surface area contributed by atoms with E-state index >= 15 is 0 Å². The molecule has 1 fully saturated rings. The largest absolute Gasteiger partial charge is 0.469 e. The second-order valence-electron chi connectivity index (χ2n) is 5.34. The van der Waals surface area contributed by atoms with Crippen molar-refractivity contribution < 1.29 is 18.4 Å². The number of pyridine rings is 1. The van der Waals surface area contributed by atoms with Gasteiger partial charge in [-0.3, -0.25) is 9.59 Å². The van der Waals surface area contributed by atoms with Gasteiger partial charge in [0.15, 0.2) is 0 Å². The highest BCUT2D eigenvalue weighted by Gasteiger charge is 2.26. The molecule has 0 unspecified atom stereocenters. The summed E-state index contributed by atoms with van der Waals surface area (Å²) in [6.45, 7) is 3.50. The van der Waals surface area contributed by atoms with Crippen LogP contribution in [-0.4, -0.2) is 52.8 Å². The third-order valence-corrected chi connectivity index (χ3v) is 3.92. The molecule has 2 aromatic heterocycles. The van der Waals surface area contributed by atoms with Gasteiger partial charge in [-0.2, -0.15) is 4.39 Å². The van der Waals surface area contributed by atoms with E-state index < -0.39 is 5.95 Å². The Bertz CT molecular complexity index is 718. The summed E-state index contributed by atoms with van der Waals surface area (Å²) in [5.41, 5.74) is 0.893. The zero-order chi connectivity index (χ0) is 16.4. The highest BCUT2D eigenvalue weighted by Crippen LogP contribution is 2.15. The molecule has 1 aliphatic heterocycles. The maximum Gasteiger partial charge on any atom is 0.257 e. The van der Waals surface area contributed by atoms with Crippen LogP contribution in [0.4, 0.5) is 4.39 Å². The number of hydrogen-bond donors (Lipinski definition) is 0. The molecule has 1 aliphatic rings. The van der Waals surface area contributed by atoms with Crippen LogP contribution in [0.15, 0.2) is 35.1 Å². The van der Waals surface area contributed by atoms with E-state index in [1.807, 2.05) is 0 Å². The fourth-order valence-corrected chi connectivity index (χ4v) is 2.57. The normalized spacial score (nSPS) is 14.9. The number of carbonyl (C=O) groups excluding carboxylic acids is 2. The van der Waals surface area contributed by atoms with Crippen molar-refractivity contribution in [2.75, 3.05) is 26.2 Å². The summed E-state index contributed by atoms with van der Waals surface area (Å²) in [4.78, 5) is 31.5. The van der Waals surface area contributed by atoms with Gasteiger partial charge in [0.05, 0.1) is 17.4 Å². The predicted molar refractivity (Wildman–Crippen MR) is 79.4 cm³/mol. The average Bonchev–Trinajstić information content (AvgIpc) is 3.00. The minimum absolute atomic E-state index is 0.0909.